The van der Waals surface area contributed by atoms with Crippen molar-refractivity contribution in [2.24, 2.45) is 0 Å². The minimum Gasteiger partial charge on any atom is -0.308 e. The first-order valence-corrected chi connectivity index (χ1v) is 8.82. The molecule has 0 saturated carbocycles. The molecular formula is C23H23NO. The third-order valence-electron chi connectivity index (χ3n) is 4.28. The fourth-order valence-electron chi connectivity index (χ4n) is 2.93. The molecule has 0 spiro atoms. The van der Waals surface area contributed by atoms with Crippen LogP contribution < -0.4 is 4.90 Å². The number of benzene rings is 3. The van der Waals surface area contributed by atoms with Crippen molar-refractivity contribution in [3.63, 3.8) is 0 Å². The molecule has 0 fully saturated rings. The summed E-state index contributed by atoms with van der Waals surface area (Å²) in [4.78, 5) is 14.8. The van der Waals surface area contributed by atoms with E-state index in [4.69, 9.17) is 0 Å². The van der Waals surface area contributed by atoms with Crippen LogP contribution in [0.3, 0.4) is 0 Å². The molecule has 126 valence electrons. The van der Waals surface area contributed by atoms with E-state index in [-0.39, 0.29) is 5.91 Å². The van der Waals surface area contributed by atoms with Gasteiger partial charge >= 0.3 is 0 Å². The molecule has 0 unspecified atom stereocenters. The maximum atomic E-state index is 12.9. The molecule has 0 N–H and O–H groups in total. The Balaban J connectivity index is 1.93. The van der Waals surface area contributed by atoms with Gasteiger partial charge in [0.15, 0.2) is 0 Å². The number of carbonyl (C=O) groups excluding carboxylic acids is 1. The Hall–Kier alpha value is -2.87. The molecule has 3 aromatic carbocycles. The van der Waals surface area contributed by atoms with Crippen molar-refractivity contribution < 1.29 is 4.79 Å². The van der Waals surface area contributed by atoms with Crippen molar-refractivity contribution in [2.75, 3.05) is 11.4 Å². The molecule has 2 nitrogen and oxygen atoms in total. The molecule has 0 aliphatic carbocycles. The molecular weight excluding hydrogens is 306 g/mol. The van der Waals surface area contributed by atoms with Crippen LogP contribution in [-0.2, 0) is 4.79 Å². The van der Waals surface area contributed by atoms with E-state index in [9.17, 15) is 4.79 Å². The summed E-state index contributed by atoms with van der Waals surface area (Å²) in [7, 11) is 0. The zero-order chi connectivity index (χ0) is 17.5. The maximum Gasteiger partial charge on any atom is 0.251 e. The van der Waals surface area contributed by atoms with Crippen LogP contribution >= 0.6 is 0 Å². The van der Waals surface area contributed by atoms with Gasteiger partial charge in [0.2, 0.25) is 0 Å². The smallest absolute Gasteiger partial charge is 0.251 e. The summed E-state index contributed by atoms with van der Waals surface area (Å²) in [6, 6.07) is 24.3. The van der Waals surface area contributed by atoms with Crippen molar-refractivity contribution in [1.82, 2.24) is 0 Å². The summed E-state index contributed by atoms with van der Waals surface area (Å²) in [5.74, 6) is 0.0219. The van der Waals surface area contributed by atoms with E-state index in [1.54, 1.807) is 6.08 Å². The summed E-state index contributed by atoms with van der Waals surface area (Å²) in [6.45, 7) is 2.87. The van der Waals surface area contributed by atoms with Crippen LogP contribution in [0.4, 0.5) is 5.69 Å². The normalized spacial score (nSPS) is 11.1. The monoisotopic (exact) mass is 329 g/mol. The van der Waals surface area contributed by atoms with Crippen LogP contribution in [0, 0.1) is 0 Å². The van der Waals surface area contributed by atoms with Crippen molar-refractivity contribution in [3.05, 3.63) is 84.4 Å². The zero-order valence-electron chi connectivity index (χ0n) is 14.6. The topological polar surface area (TPSA) is 20.3 Å². The van der Waals surface area contributed by atoms with E-state index < -0.39 is 0 Å². The van der Waals surface area contributed by atoms with Crippen LogP contribution in [0.2, 0.25) is 0 Å². The molecule has 0 heterocycles. The lowest BCUT2D eigenvalue weighted by Crippen LogP contribution is -2.30. The average molecular weight is 329 g/mol. The third kappa shape index (κ3) is 4.16. The number of amides is 1. The van der Waals surface area contributed by atoms with Gasteiger partial charge in [0.1, 0.15) is 0 Å². The summed E-state index contributed by atoms with van der Waals surface area (Å²) in [6.07, 6.45) is 5.59. The quantitative estimate of drug-likeness (QED) is 0.532. The maximum absolute atomic E-state index is 12.9. The van der Waals surface area contributed by atoms with Gasteiger partial charge in [-0.25, -0.2) is 0 Å². The standard InChI is InChI=1S/C23H23NO/c1-2-3-18-24(23(25)17-16-19-10-5-4-6-11-19)22-15-9-13-20-12-7-8-14-21(20)22/h4-17H,2-3,18H2,1H3/b17-16+. The lowest BCUT2D eigenvalue weighted by Gasteiger charge is -2.23. The molecule has 0 atom stereocenters. The van der Waals surface area contributed by atoms with Crippen molar-refractivity contribution in [3.8, 4) is 0 Å². The Bertz CT molecular complexity index is 862. The van der Waals surface area contributed by atoms with Gasteiger partial charge in [0.05, 0.1) is 5.69 Å². The SMILES string of the molecule is CCCCN(C(=O)/C=C/c1ccccc1)c1cccc2ccccc12. The van der Waals surface area contributed by atoms with Crippen LogP contribution in [-0.4, -0.2) is 12.5 Å². The molecule has 0 saturated heterocycles. The highest BCUT2D eigenvalue weighted by molar-refractivity contribution is 6.09. The molecule has 0 radical (unpaired) electrons. The number of fused-ring (bicyclic) bond motifs is 1. The lowest BCUT2D eigenvalue weighted by molar-refractivity contribution is -0.114. The highest BCUT2D eigenvalue weighted by Crippen LogP contribution is 2.27. The fourth-order valence-corrected chi connectivity index (χ4v) is 2.93. The molecule has 1 amide bonds. The fraction of sp³-hybridized carbons (Fsp3) is 0.174. The number of hydrogen-bond acceptors (Lipinski definition) is 1. The molecule has 25 heavy (non-hydrogen) atoms. The predicted molar refractivity (Wildman–Crippen MR) is 107 cm³/mol. The second-order valence-electron chi connectivity index (χ2n) is 6.09. The van der Waals surface area contributed by atoms with E-state index in [1.807, 2.05) is 65.6 Å². The Kier molecular flexibility index (Phi) is 5.63. The van der Waals surface area contributed by atoms with Gasteiger partial charge in [-0.3, -0.25) is 4.79 Å². The van der Waals surface area contributed by atoms with E-state index in [1.165, 1.54) is 0 Å². The molecule has 0 aliphatic heterocycles. The second-order valence-corrected chi connectivity index (χ2v) is 6.09. The summed E-state index contributed by atoms with van der Waals surface area (Å²) < 4.78 is 0. The highest BCUT2D eigenvalue weighted by Gasteiger charge is 2.15. The highest BCUT2D eigenvalue weighted by atomic mass is 16.2. The van der Waals surface area contributed by atoms with E-state index in [2.05, 4.69) is 25.1 Å². The first-order valence-electron chi connectivity index (χ1n) is 8.82. The minimum absolute atomic E-state index is 0.0219. The lowest BCUT2D eigenvalue weighted by atomic mass is 10.1. The van der Waals surface area contributed by atoms with Crippen LogP contribution in [0.15, 0.2) is 78.9 Å². The van der Waals surface area contributed by atoms with Crippen LogP contribution in [0.25, 0.3) is 16.8 Å². The Morgan fingerprint density at radius 1 is 0.920 bits per heavy atom. The largest absolute Gasteiger partial charge is 0.308 e. The first-order chi connectivity index (χ1) is 12.3. The second kappa shape index (κ2) is 8.29. The third-order valence-corrected chi connectivity index (χ3v) is 4.28. The van der Waals surface area contributed by atoms with E-state index >= 15 is 0 Å². The summed E-state index contributed by atoms with van der Waals surface area (Å²) in [5.41, 5.74) is 2.01. The molecule has 3 aromatic rings. The number of nitrogens with zero attached hydrogens (tertiary/aromatic N) is 1. The van der Waals surface area contributed by atoms with Gasteiger partial charge in [-0.15, -0.1) is 0 Å². The van der Waals surface area contributed by atoms with Crippen molar-refractivity contribution in [1.29, 1.82) is 0 Å². The van der Waals surface area contributed by atoms with Gasteiger partial charge in [0.25, 0.3) is 5.91 Å². The molecule has 3 rings (SSSR count). The average Bonchev–Trinajstić information content (AvgIpc) is 2.67. The number of carbonyl (C=O) groups is 1. The summed E-state index contributed by atoms with van der Waals surface area (Å²) in [5, 5.41) is 2.27. The number of rotatable bonds is 6. The Labute approximate surface area is 149 Å². The van der Waals surface area contributed by atoms with E-state index in [0.29, 0.717) is 0 Å². The zero-order valence-corrected chi connectivity index (χ0v) is 14.6. The van der Waals surface area contributed by atoms with Gasteiger partial charge in [0, 0.05) is 18.0 Å². The van der Waals surface area contributed by atoms with Crippen molar-refractivity contribution in [2.45, 2.75) is 19.8 Å². The van der Waals surface area contributed by atoms with E-state index in [0.717, 1.165) is 41.4 Å². The molecule has 0 aliphatic rings. The Morgan fingerprint density at radius 2 is 1.64 bits per heavy atom. The van der Waals surface area contributed by atoms with Crippen LogP contribution in [0.1, 0.15) is 25.3 Å². The van der Waals surface area contributed by atoms with Gasteiger partial charge in [-0.1, -0.05) is 80.1 Å². The Morgan fingerprint density at radius 3 is 2.44 bits per heavy atom. The van der Waals surface area contributed by atoms with Gasteiger partial charge in [-0.05, 0) is 29.5 Å². The van der Waals surface area contributed by atoms with Crippen LogP contribution in [0.5, 0.6) is 0 Å². The first kappa shape index (κ1) is 17.0. The van der Waals surface area contributed by atoms with Gasteiger partial charge in [-0.2, -0.15) is 0 Å². The molecule has 0 aromatic heterocycles. The predicted octanol–water partition coefficient (Wildman–Crippen LogP) is 5.69. The minimum atomic E-state index is 0.0219. The molecule has 0 bridgehead atoms. The number of anilines is 1. The van der Waals surface area contributed by atoms with Crippen molar-refractivity contribution >= 4 is 28.4 Å². The van der Waals surface area contributed by atoms with Gasteiger partial charge < -0.3 is 4.90 Å². The summed E-state index contributed by atoms with van der Waals surface area (Å²) >= 11 is 0. The number of unbranched alkanes of at least 4 members (excludes halogenated alkanes) is 1. The molecule has 2 heteroatoms. The number of hydrogen-bond donors (Lipinski definition) is 0.